The summed E-state index contributed by atoms with van der Waals surface area (Å²) in [4.78, 5) is 91.4. The van der Waals surface area contributed by atoms with Gasteiger partial charge < -0.3 is 66.1 Å². The molecule has 5 heterocycles. The van der Waals surface area contributed by atoms with Crippen molar-refractivity contribution in [3.8, 4) is 0 Å². The van der Waals surface area contributed by atoms with Gasteiger partial charge in [-0.3, -0.25) is 33.6 Å². The smallest absolute Gasteiger partial charge is 0.220 e. The summed E-state index contributed by atoms with van der Waals surface area (Å²) in [6, 6.07) is -2.93. The van der Waals surface area contributed by atoms with E-state index in [-0.39, 0.29) is 99.4 Å². The Morgan fingerprint density at radius 3 is 1.72 bits per heavy atom. The van der Waals surface area contributed by atoms with Gasteiger partial charge in [0.15, 0.2) is 0 Å². The summed E-state index contributed by atoms with van der Waals surface area (Å²) in [5.41, 5.74) is 33.7. The van der Waals surface area contributed by atoms with Crippen LogP contribution in [-0.4, -0.2) is 88.8 Å². The predicted molar refractivity (Wildman–Crippen MR) is 253 cm³/mol. The second-order valence-electron chi connectivity index (χ2n) is 21.7. The van der Waals surface area contributed by atoms with Crippen LogP contribution in [0.3, 0.4) is 0 Å². The van der Waals surface area contributed by atoms with Gasteiger partial charge in [-0.2, -0.15) is 17.1 Å². The van der Waals surface area contributed by atoms with Crippen LogP contribution in [0.15, 0.2) is 34.3 Å². The Morgan fingerprint density at radius 1 is 0.676 bits per heavy atom. The molecule has 20 heteroatoms. The fraction of sp³-hybridized carbons (Fsp3) is 0.729. The van der Waals surface area contributed by atoms with E-state index in [2.05, 4.69) is 19.2 Å². The minimum Gasteiger partial charge on any atom is -0.683 e. The van der Waals surface area contributed by atoms with Gasteiger partial charge in [-0.1, -0.05) is 53.6 Å². The van der Waals surface area contributed by atoms with Crippen molar-refractivity contribution >= 4 is 41.4 Å². The first-order valence-corrected chi connectivity index (χ1v) is 23.6. The van der Waals surface area contributed by atoms with Crippen LogP contribution < -0.4 is 39.7 Å². The van der Waals surface area contributed by atoms with Gasteiger partial charge in [0.05, 0.1) is 6.10 Å². The fourth-order valence-corrected chi connectivity index (χ4v) is 12.9. The molecule has 0 aromatic carbocycles. The van der Waals surface area contributed by atoms with E-state index in [1.807, 2.05) is 47.6 Å². The summed E-state index contributed by atoms with van der Waals surface area (Å²) in [5.74, 6) is -6.06. The van der Waals surface area contributed by atoms with Crippen LogP contribution in [0.4, 0.5) is 0 Å². The number of nitrogens with two attached hydrogens (primary N) is 6. The van der Waals surface area contributed by atoms with Crippen LogP contribution >= 0.6 is 0 Å². The Balaban J connectivity index is 0.0000101. The van der Waals surface area contributed by atoms with E-state index >= 15 is 0 Å². The maximum atomic E-state index is 13.5. The zero-order valence-electron chi connectivity index (χ0n) is 41.2. The van der Waals surface area contributed by atoms with Crippen LogP contribution in [-0.2, 0) is 50.3 Å². The minimum absolute atomic E-state index is 0. The van der Waals surface area contributed by atoms with Crippen LogP contribution in [0.1, 0.15) is 133 Å². The molecule has 383 valence electrons. The molecule has 0 aromatic heterocycles. The van der Waals surface area contributed by atoms with Gasteiger partial charge in [0.2, 0.25) is 41.4 Å². The number of hydrogen-bond donors (Lipinski definition) is 8. The summed E-state index contributed by atoms with van der Waals surface area (Å²) < 4.78 is 0. The van der Waals surface area contributed by atoms with Crippen LogP contribution in [0.5, 0.6) is 0 Å². The van der Waals surface area contributed by atoms with Crippen LogP contribution in [0.25, 0.3) is 21.3 Å². The average Bonchev–Trinajstić information content (AvgIpc) is 3.80. The van der Waals surface area contributed by atoms with Crippen molar-refractivity contribution < 1.29 is 55.4 Å². The molecule has 0 aromatic rings. The predicted octanol–water partition coefficient (Wildman–Crippen LogP) is 3.42. The van der Waals surface area contributed by atoms with Crippen molar-refractivity contribution in [2.24, 2.45) is 79.7 Å². The number of rotatable bonds is 20. The van der Waals surface area contributed by atoms with Crippen molar-refractivity contribution in [1.82, 2.24) is 5.32 Å². The second-order valence-corrected chi connectivity index (χ2v) is 21.7. The number of fused-ring (bicyclic) bond motifs is 9. The molecule has 5 rings (SSSR count). The van der Waals surface area contributed by atoms with Crippen molar-refractivity contribution in [2.45, 2.75) is 169 Å². The van der Waals surface area contributed by atoms with E-state index < -0.39 is 111 Å². The third-order valence-corrected chi connectivity index (χ3v) is 16.7. The monoisotopic (exact) mass is 993 g/mol. The number of amides is 7. The first-order valence-electron chi connectivity index (χ1n) is 23.6. The number of carbonyl (C=O) groups excluding carboxylic acids is 7. The Labute approximate surface area is 411 Å². The topological polar surface area (TPSA) is 364 Å². The van der Waals surface area contributed by atoms with Gasteiger partial charge in [0.1, 0.15) is 0 Å². The number of hydrogen-bond acceptors (Lipinski definition) is 8. The van der Waals surface area contributed by atoms with E-state index in [0.29, 0.717) is 29.1 Å². The maximum absolute atomic E-state index is 13.5. The number of aliphatic hydroxyl groups excluding tert-OH is 1. The number of nitrogens with zero attached hydrogens (tertiary/aromatic N) is 4. The van der Waals surface area contributed by atoms with Gasteiger partial charge in [0.25, 0.3) is 0 Å². The molecule has 4 saturated heterocycles. The maximum Gasteiger partial charge on any atom is 0.220 e. The summed E-state index contributed by atoms with van der Waals surface area (Å²) in [6.45, 7) is 17.2. The first kappa shape index (κ1) is 55.9. The van der Waals surface area contributed by atoms with E-state index in [1.165, 1.54) is 0 Å². The number of allylic oxidation sites excluding steroid dienone is 3. The summed E-state index contributed by atoms with van der Waals surface area (Å²) >= 11 is 0. The molecule has 1 radical (unpaired) electrons. The van der Waals surface area contributed by atoms with E-state index in [1.54, 1.807) is 6.92 Å². The molecule has 19 nitrogen and oxygen atoms in total. The van der Waals surface area contributed by atoms with Gasteiger partial charge in [-0.05, 0) is 91.8 Å². The summed E-state index contributed by atoms with van der Waals surface area (Å²) in [7, 11) is 0. The number of nitrogens with one attached hydrogen (secondary N) is 1. The Kier molecular flexibility index (Phi) is 17.1. The van der Waals surface area contributed by atoms with Gasteiger partial charge in [-0.25, -0.2) is 0 Å². The van der Waals surface area contributed by atoms with E-state index in [9.17, 15) is 38.7 Å². The molecule has 0 aliphatic carbocycles. The fourth-order valence-electron chi connectivity index (χ4n) is 12.9. The molecule has 0 spiro atoms. The molecule has 8 bridgehead atoms. The quantitative estimate of drug-likeness (QED) is 0.0891. The molecule has 5 aliphatic heterocycles. The van der Waals surface area contributed by atoms with Crippen molar-refractivity contribution in [2.75, 3.05) is 6.54 Å². The van der Waals surface area contributed by atoms with Gasteiger partial charge in [0, 0.05) is 68.3 Å². The third kappa shape index (κ3) is 10.6. The first-order chi connectivity index (χ1) is 30.9. The molecule has 7 amide bonds. The van der Waals surface area contributed by atoms with Crippen LogP contribution in [0, 0.1) is 45.3 Å². The normalized spacial score (nSPS) is 37.9. The molecule has 68 heavy (non-hydrogen) atoms. The molecule has 3 unspecified atom stereocenters. The average molecular weight is 993 g/mol. The molecular weight excluding hydrogens is 918 g/mol. The van der Waals surface area contributed by atoms with E-state index in [4.69, 9.17) is 55.7 Å². The van der Waals surface area contributed by atoms with Crippen molar-refractivity contribution in [3.63, 3.8) is 0 Å². The zero-order valence-corrected chi connectivity index (χ0v) is 42.2. The zero-order chi connectivity index (χ0) is 50.4. The Bertz CT molecular complexity index is 2130. The molecule has 5 aliphatic rings. The number of carbonyl (C=O) groups is 7. The Hall–Kier alpha value is -4.66. The van der Waals surface area contributed by atoms with Gasteiger partial charge in [-0.15, -0.1) is 34.8 Å². The molecule has 0 saturated carbocycles. The largest absolute Gasteiger partial charge is 0.683 e. The number of primary amides is 6. The summed E-state index contributed by atoms with van der Waals surface area (Å²) in [5, 5.41) is 35.0. The van der Waals surface area contributed by atoms with Crippen LogP contribution in [0.2, 0.25) is 0 Å². The summed E-state index contributed by atoms with van der Waals surface area (Å²) in [6.07, 6.45) is 1.49. The van der Waals surface area contributed by atoms with Crippen molar-refractivity contribution in [3.05, 3.63) is 55.6 Å². The van der Waals surface area contributed by atoms with Crippen molar-refractivity contribution in [1.29, 1.82) is 0 Å². The molecular formula is C48H75CoN11O8-4. The molecule has 13 atom stereocenters. The van der Waals surface area contributed by atoms with E-state index in [0.717, 1.165) is 5.57 Å². The second kappa shape index (κ2) is 20.7. The SMILES string of the molecule is C/C1=C2/[N-]C(/C=C3/[N-]C(/C(C)=C4/[N-][C@@](C)([C@@H]5[N-]C1[C@](C)(CCC(=O)NC[C@@H](C)O)[C@H]5CC(N)=O)[C@@](C)(CC(N)=O)[C@@H]4CCC(N)=O)[C@@](C)(CC(N)=O)[C@@H]3CCC(N)=O)C(C)(C)[C@@H]2CCC(N)=O.[Co]. The standard InChI is InChI=1S/C48H75N11O8.Co/c1-23(60)22-55-38(67)16-17-45(6)29(18-35(52)64)43-48(9)47(8,21-37(54)66)28(12-15-34(51)63)40(59-48)25(3)42-46(7,20-36(53)65)26(10-13-32(49)61)30(56-42)19-31-44(4,5)27(11-14-33(50)62)39(57-31)24(2)41(45)58-43;/h19,23,26-29,31,41-43,60H,10-18,20-22H2,1-9H3,(H2,49,61)(H2,50,62)(H2,51,63)(H2,52,64)(H2,53,65)(H2,54,66)(H,55,67);/q-4;/b30-19+,39-24-,40-25+;/t23-,26-,27-,28-,29+,31?,41?,42?,43-,45-,46+,47+,48+;/m1./s1. The number of aliphatic hydroxyl groups is 1. The molecule has 14 N–H and O–H groups in total. The van der Waals surface area contributed by atoms with Gasteiger partial charge >= 0.3 is 0 Å². The Morgan fingerprint density at radius 2 is 1.21 bits per heavy atom. The minimum atomic E-state index is -1.36. The molecule has 4 fully saturated rings. The third-order valence-electron chi connectivity index (χ3n) is 16.7.